The topological polar surface area (TPSA) is 90.4 Å². The number of ether oxygens (including phenoxy) is 1. The number of carbonyl (C=O) groups excluding carboxylic acids is 1. The van der Waals surface area contributed by atoms with E-state index in [-0.39, 0.29) is 16.7 Å². The number of nitrogen functional groups attached to an aromatic ring is 1. The van der Waals surface area contributed by atoms with Gasteiger partial charge >= 0.3 is 0 Å². The minimum atomic E-state index is -0.669. The summed E-state index contributed by atoms with van der Waals surface area (Å²) in [5.41, 5.74) is 4.87. The van der Waals surface area contributed by atoms with Crippen molar-refractivity contribution in [2.45, 2.75) is 13.0 Å². The number of halogens is 1. The summed E-state index contributed by atoms with van der Waals surface area (Å²) in [5.74, 6) is -0.158. The molecule has 0 aliphatic carbocycles. The number of nitrogens with zero attached hydrogens (tertiary/aromatic N) is 3. The third-order valence-corrected chi connectivity index (χ3v) is 3.38. The van der Waals surface area contributed by atoms with E-state index in [0.717, 1.165) is 0 Å². The van der Waals surface area contributed by atoms with Crippen LogP contribution in [-0.4, -0.2) is 46.7 Å². The van der Waals surface area contributed by atoms with Crippen LogP contribution in [0.2, 0.25) is 5.15 Å². The van der Waals surface area contributed by atoms with Crippen molar-refractivity contribution in [2.75, 3.05) is 32.0 Å². The second-order valence-electron chi connectivity index (χ2n) is 4.28. The third kappa shape index (κ3) is 2.71. The Hall–Kier alpha value is -1.60. The molecule has 1 aromatic rings. The molecule has 1 saturated heterocycles. The van der Waals surface area contributed by atoms with Crippen LogP contribution in [-0.2, 0) is 9.53 Å². The zero-order chi connectivity index (χ0) is 14.0. The molecule has 0 saturated carbocycles. The van der Waals surface area contributed by atoms with Crippen LogP contribution in [0.5, 0.6) is 0 Å². The summed E-state index contributed by atoms with van der Waals surface area (Å²) < 4.78 is 6.38. The molecule has 1 aromatic heterocycles. The van der Waals surface area contributed by atoms with Gasteiger partial charge in [0.05, 0.1) is 13.2 Å². The fraction of sp³-hybridized carbons (Fsp3) is 0.545. The van der Waals surface area contributed by atoms with Crippen LogP contribution in [0.3, 0.4) is 0 Å². The van der Waals surface area contributed by atoms with Gasteiger partial charge in [-0.3, -0.25) is 14.2 Å². The van der Waals surface area contributed by atoms with Crippen LogP contribution in [0.15, 0.2) is 11.1 Å². The van der Waals surface area contributed by atoms with Gasteiger partial charge in [-0.25, -0.2) is 4.98 Å². The molecular weight excluding hydrogens is 272 g/mol. The summed E-state index contributed by atoms with van der Waals surface area (Å²) in [5, 5.41) is -0.0488. The van der Waals surface area contributed by atoms with E-state index in [9.17, 15) is 9.59 Å². The highest BCUT2D eigenvalue weighted by Crippen LogP contribution is 2.13. The van der Waals surface area contributed by atoms with Crippen LogP contribution in [0, 0.1) is 0 Å². The first-order chi connectivity index (χ1) is 9.02. The highest BCUT2D eigenvalue weighted by Gasteiger charge is 2.25. The van der Waals surface area contributed by atoms with Crippen molar-refractivity contribution in [1.82, 2.24) is 14.5 Å². The first kappa shape index (κ1) is 13.8. The number of amides is 1. The van der Waals surface area contributed by atoms with Crippen molar-refractivity contribution in [2.24, 2.45) is 0 Å². The summed E-state index contributed by atoms with van der Waals surface area (Å²) in [4.78, 5) is 29.6. The van der Waals surface area contributed by atoms with Crippen molar-refractivity contribution in [3.63, 3.8) is 0 Å². The van der Waals surface area contributed by atoms with E-state index < -0.39 is 11.6 Å². The van der Waals surface area contributed by atoms with Gasteiger partial charge in [-0.1, -0.05) is 11.6 Å². The first-order valence-electron chi connectivity index (χ1n) is 5.91. The van der Waals surface area contributed by atoms with Crippen LogP contribution in [0.25, 0.3) is 0 Å². The Morgan fingerprint density at radius 1 is 1.53 bits per heavy atom. The molecule has 0 spiro atoms. The maximum Gasteiger partial charge on any atom is 0.278 e. The Balaban J connectivity index is 2.24. The summed E-state index contributed by atoms with van der Waals surface area (Å²) in [6, 6.07) is -0.669. The Bertz CT molecular complexity index is 539. The molecule has 2 rings (SSSR count). The van der Waals surface area contributed by atoms with E-state index in [4.69, 9.17) is 22.1 Å². The van der Waals surface area contributed by atoms with Gasteiger partial charge in [-0.15, -0.1) is 0 Å². The summed E-state index contributed by atoms with van der Waals surface area (Å²) in [6.07, 6.45) is 1.24. The van der Waals surface area contributed by atoms with Crippen molar-refractivity contribution in [3.8, 4) is 0 Å². The van der Waals surface area contributed by atoms with Gasteiger partial charge in [0.15, 0.2) is 5.15 Å². The Morgan fingerprint density at radius 3 is 2.79 bits per heavy atom. The lowest BCUT2D eigenvalue weighted by Gasteiger charge is -2.29. The molecule has 8 heteroatoms. The molecule has 0 bridgehead atoms. The zero-order valence-electron chi connectivity index (χ0n) is 10.5. The monoisotopic (exact) mass is 286 g/mol. The van der Waals surface area contributed by atoms with Gasteiger partial charge in [0.2, 0.25) is 5.91 Å². The van der Waals surface area contributed by atoms with Crippen molar-refractivity contribution < 1.29 is 9.53 Å². The lowest BCUT2D eigenvalue weighted by Crippen LogP contribution is -2.45. The molecule has 19 heavy (non-hydrogen) atoms. The molecule has 1 amide bonds. The molecule has 1 aliphatic heterocycles. The SMILES string of the molecule is CC(C(=O)N1CCOCC1)n1cnc(Cl)c(N)c1=O. The highest BCUT2D eigenvalue weighted by molar-refractivity contribution is 6.31. The number of aromatic nitrogens is 2. The lowest BCUT2D eigenvalue weighted by molar-refractivity contribution is -0.138. The number of nitrogens with two attached hydrogens (primary N) is 1. The molecular formula is C11H15ClN4O3. The van der Waals surface area contributed by atoms with Gasteiger partial charge < -0.3 is 15.4 Å². The van der Waals surface area contributed by atoms with E-state index in [1.165, 1.54) is 10.9 Å². The average molecular weight is 287 g/mol. The van der Waals surface area contributed by atoms with Gasteiger partial charge in [0.1, 0.15) is 18.1 Å². The second-order valence-corrected chi connectivity index (χ2v) is 4.63. The maximum absolute atomic E-state index is 12.3. The second kappa shape index (κ2) is 5.58. The van der Waals surface area contributed by atoms with Gasteiger partial charge in [-0.05, 0) is 6.92 Å². The largest absolute Gasteiger partial charge is 0.392 e. The summed E-state index contributed by atoms with van der Waals surface area (Å²) in [6.45, 7) is 3.69. The fourth-order valence-corrected chi connectivity index (χ4v) is 2.03. The minimum absolute atomic E-state index is 0.0488. The zero-order valence-corrected chi connectivity index (χ0v) is 11.3. The van der Waals surface area contributed by atoms with E-state index in [0.29, 0.717) is 26.3 Å². The first-order valence-corrected chi connectivity index (χ1v) is 6.29. The number of hydrogen-bond acceptors (Lipinski definition) is 5. The van der Waals surface area contributed by atoms with E-state index in [1.54, 1.807) is 11.8 Å². The van der Waals surface area contributed by atoms with E-state index in [1.807, 2.05) is 0 Å². The molecule has 1 unspecified atom stereocenters. The van der Waals surface area contributed by atoms with Crippen molar-refractivity contribution >= 4 is 23.2 Å². The average Bonchev–Trinajstić information content (AvgIpc) is 2.44. The normalized spacial score (nSPS) is 17.3. The van der Waals surface area contributed by atoms with Gasteiger partial charge in [0, 0.05) is 13.1 Å². The number of morpholine rings is 1. The van der Waals surface area contributed by atoms with Gasteiger partial charge in [-0.2, -0.15) is 0 Å². The van der Waals surface area contributed by atoms with Crippen LogP contribution in [0.1, 0.15) is 13.0 Å². The fourth-order valence-electron chi connectivity index (χ4n) is 1.91. The van der Waals surface area contributed by atoms with Crippen molar-refractivity contribution in [3.05, 3.63) is 21.8 Å². The molecule has 1 fully saturated rings. The maximum atomic E-state index is 12.3. The number of anilines is 1. The highest BCUT2D eigenvalue weighted by atomic mass is 35.5. The lowest BCUT2D eigenvalue weighted by atomic mass is 10.2. The quantitative estimate of drug-likeness (QED) is 0.767. The molecule has 0 radical (unpaired) electrons. The van der Waals surface area contributed by atoms with Crippen molar-refractivity contribution in [1.29, 1.82) is 0 Å². The summed E-state index contributed by atoms with van der Waals surface area (Å²) >= 11 is 5.66. The smallest absolute Gasteiger partial charge is 0.278 e. The van der Waals surface area contributed by atoms with Gasteiger partial charge in [0.25, 0.3) is 5.56 Å². The molecule has 7 nitrogen and oxygen atoms in total. The predicted molar refractivity (Wildman–Crippen MR) is 70.0 cm³/mol. The Morgan fingerprint density at radius 2 is 2.16 bits per heavy atom. The minimum Gasteiger partial charge on any atom is -0.392 e. The number of rotatable bonds is 2. The molecule has 2 heterocycles. The summed E-state index contributed by atoms with van der Waals surface area (Å²) in [7, 11) is 0. The molecule has 1 atom stereocenters. The van der Waals surface area contributed by atoms with Crippen LogP contribution >= 0.6 is 11.6 Å². The third-order valence-electron chi connectivity index (χ3n) is 3.08. The van der Waals surface area contributed by atoms with Crippen LogP contribution < -0.4 is 11.3 Å². The molecule has 1 aliphatic rings. The Kier molecular flexibility index (Phi) is 4.06. The standard InChI is InChI=1S/C11H15ClN4O3/c1-7(10(17)15-2-4-19-5-3-15)16-6-14-9(12)8(13)11(16)18/h6-7H,2-5,13H2,1H3. The van der Waals surface area contributed by atoms with E-state index >= 15 is 0 Å². The van der Waals surface area contributed by atoms with E-state index in [2.05, 4.69) is 4.98 Å². The molecule has 0 aromatic carbocycles. The van der Waals surface area contributed by atoms with Crippen LogP contribution in [0.4, 0.5) is 5.69 Å². The Labute approximate surface area is 114 Å². The molecule has 2 N–H and O–H groups in total. The molecule has 104 valence electrons. The number of carbonyl (C=O) groups is 1. The predicted octanol–water partition coefficient (Wildman–Crippen LogP) is -0.101. The number of hydrogen-bond donors (Lipinski definition) is 1.